The number of carbonyl (C=O) groups excluding carboxylic acids is 4. The van der Waals surface area contributed by atoms with Crippen LogP contribution in [0.1, 0.15) is 67.1 Å². The first-order valence-electron chi connectivity index (χ1n) is 18.6. The van der Waals surface area contributed by atoms with Gasteiger partial charge in [-0.3, -0.25) is 19.2 Å². The maximum Gasteiger partial charge on any atom is 0.255 e. The van der Waals surface area contributed by atoms with Crippen molar-refractivity contribution in [3.05, 3.63) is 107 Å². The van der Waals surface area contributed by atoms with Crippen molar-refractivity contribution in [3.63, 3.8) is 0 Å². The fourth-order valence-electron chi connectivity index (χ4n) is 5.45. The second-order valence-corrected chi connectivity index (χ2v) is 13.8. The Morgan fingerprint density at radius 3 is 1.25 bits per heavy atom. The molecule has 0 heterocycles. The minimum absolute atomic E-state index is 0.288. The van der Waals surface area contributed by atoms with Gasteiger partial charge in [-0.1, -0.05) is 0 Å². The van der Waals surface area contributed by atoms with Gasteiger partial charge in [0.25, 0.3) is 23.6 Å². The topological polar surface area (TPSA) is 193 Å². The van der Waals surface area contributed by atoms with Gasteiger partial charge in [-0.15, -0.1) is 0 Å². The molecule has 0 saturated carbocycles. The van der Waals surface area contributed by atoms with Crippen LogP contribution in [0, 0.1) is 0 Å². The average molecular weight is 767 g/mol. The van der Waals surface area contributed by atoms with Crippen molar-refractivity contribution in [1.82, 2.24) is 20.4 Å². The van der Waals surface area contributed by atoms with Crippen LogP contribution in [0.5, 0.6) is 11.5 Å². The molecule has 8 N–H and O–H groups in total. The highest BCUT2D eigenvalue weighted by atomic mass is 16.5. The van der Waals surface area contributed by atoms with Gasteiger partial charge in [0.15, 0.2) is 0 Å². The quantitative estimate of drug-likeness (QED) is 0.0499. The number of hydrogen-bond donors (Lipinski definition) is 6. The lowest BCUT2D eigenvalue weighted by atomic mass is 10.1. The summed E-state index contributed by atoms with van der Waals surface area (Å²) in [4.78, 5) is 56.4. The van der Waals surface area contributed by atoms with Crippen LogP contribution in [0.2, 0.25) is 0 Å². The largest absolute Gasteiger partial charge is 0.493 e. The Hall–Kier alpha value is -6.12. The summed E-state index contributed by atoms with van der Waals surface area (Å²) in [6.07, 6.45) is 2.70. The molecule has 4 aromatic rings. The van der Waals surface area contributed by atoms with E-state index in [1.165, 1.54) is 0 Å². The van der Waals surface area contributed by atoms with E-state index in [0.29, 0.717) is 82.4 Å². The number of amides is 4. The first-order valence-corrected chi connectivity index (χ1v) is 18.6. The molecule has 14 nitrogen and oxygen atoms in total. The van der Waals surface area contributed by atoms with Gasteiger partial charge in [0.1, 0.15) is 11.5 Å². The number of rotatable bonds is 21. The summed E-state index contributed by atoms with van der Waals surface area (Å²) in [6.45, 7) is 3.16. The molecule has 0 aliphatic carbocycles. The van der Waals surface area contributed by atoms with E-state index in [0.717, 1.165) is 25.9 Å². The van der Waals surface area contributed by atoms with E-state index in [2.05, 4.69) is 21.3 Å². The van der Waals surface area contributed by atoms with Crippen LogP contribution in [0.25, 0.3) is 0 Å². The standard InChI is InChI=1S/C42H54N8O6/c1-49(2)23-7-21-45-41(53)35-27-33(47-39(51)29-9-13-31(43)14-10-29)17-19-37(35)55-25-5-6-26-56-38-20-18-34(48-40(52)30-11-15-32(44)16-12-30)28-36(38)42(54)46-22-8-24-50(3)4/h9-20,27-28H,5-8,21-26,43-44H2,1-4H3,(H,45,53)(H,46,54)(H,47,51)(H,48,52). The normalized spacial score (nSPS) is 10.9. The van der Waals surface area contributed by atoms with Crippen molar-refractivity contribution >= 4 is 46.4 Å². The Morgan fingerprint density at radius 1 is 0.518 bits per heavy atom. The summed E-state index contributed by atoms with van der Waals surface area (Å²) in [7, 11) is 7.88. The second-order valence-electron chi connectivity index (χ2n) is 13.8. The van der Waals surface area contributed by atoms with Crippen molar-refractivity contribution in [3.8, 4) is 11.5 Å². The van der Waals surface area contributed by atoms with Crippen LogP contribution in [0.15, 0.2) is 84.9 Å². The number of hydrogen-bond acceptors (Lipinski definition) is 10. The van der Waals surface area contributed by atoms with E-state index in [4.69, 9.17) is 20.9 Å². The molecule has 0 bridgehead atoms. The maximum atomic E-state index is 13.3. The van der Waals surface area contributed by atoms with E-state index < -0.39 is 0 Å². The molecule has 4 aromatic carbocycles. The molecule has 0 aliphatic heterocycles. The van der Waals surface area contributed by atoms with Crippen LogP contribution in [-0.4, -0.2) is 101 Å². The highest BCUT2D eigenvalue weighted by Crippen LogP contribution is 2.26. The Bertz CT molecular complexity index is 1780. The Kier molecular flexibility index (Phi) is 16.5. The van der Waals surface area contributed by atoms with Crippen molar-refractivity contribution in [2.45, 2.75) is 25.7 Å². The summed E-state index contributed by atoms with van der Waals surface area (Å²) in [5.41, 5.74) is 15.0. The molecule has 0 aliphatic rings. The SMILES string of the molecule is CN(C)CCCNC(=O)c1cc(NC(=O)c2ccc(N)cc2)ccc1OCCCCOc1ccc(NC(=O)c2ccc(N)cc2)cc1C(=O)NCCCN(C)C. The van der Waals surface area contributed by atoms with Gasteiger partial charge >= 0.3 is 0 Å². The number of nitrogens with one attached hydrogen (secondary N) is 4. The van der Waals surface area contributed by atoms with Gasteiger partial charge in [0.2, 0.25) is 0 Å². The third-order valence-corrected chi connectivity index (χ3v) is 8.50. The molecule has 0 radical (unpaired) electrons. The summed E-state index contributed by atoms with van der Waals surface area (Å²) < 4.78 is 12.2. The molecule has 0 saturated heterocycles. The van der Waals surface area contributed by atoms with Crippen LogP contribution in [0.4, 0.5) is 22.7 Å². The summed E-state index contributed by atoms with van der Waals surface area (Å²) >= 11 is 0. The average Bonchev–Trinajstić information content (AvgIpc) is 3.17. The molecular weight excluding hydrogens is 713 g/mol. The number of unbranched alkanes of at least 4 members (excludes halogenated alkanes) is 1. The van der Waals surface area contributed by atoms with Gasteiger partial charge in [-0.05, 0) is 152 Å². The zero-order valence-corrected chi connectivity index (χ0v) is 32.7. The Morgan fingerprint density at radius 2 is 0.893 bits per heavy atom. The zero-order valence-electron chi connectivity index (χ0n) is 32.7. The van der Waals surface area contributed by atoms with Crippen LogP contribution >= 0.6 is 0 Å². The van der Waals surface area contributed by atoms with Crippen molar-refractivity contribution in [2.75, 3.05) is 89.7 Å². The first-order chi connectivity index (χ1) is 26.9. The predicted octanol–water partition coefficient (Wildman–Crippen LogP) is 4.96. The number of anilines is 4. The Labute approximate surface area is 328 Å². The Balaban J connectivity index is 1.37. The number of nitrogens with zero attached hydrogens (tertiary/aromatic N) is 2. The molecule has 0 aromatic heterocycles. The number of benzene rings is 4. The first kappa shape index (κ1) is 42.6. The summed E-state index contributed by atoms with van der Waals surface area (Å²) in [6, 6.07) is 23.0. The smallest absolute Gasteiger partial charge is 0.255 e. The third-order valence-electron chi connectivity index (χ3n) is 8.50. The minimum Gasteiger partial charge on any atom is -0.493 e. The minimum atomic E-state index is -0.335. The van der Waals surface area contributed by atoms with Gasteiger partial charge in [0.05, 0.1) is 24.3 Å². The fraction of sp³-hybridized carbons (Fsp3) is 0.333. The highest BCUT2D eigenvalue weighted by molar-refractivity contribution is 6.06. The lowest BCUT2D eigenvalue weighted by Crippen LogP contribution is -2.28. The second kappa shape index (κ2) is 21.7. The molecular formula is C42H54N8O6. The van der Waals surface area contributed by atoms with E-state index in [1.807, 2.05) is 38.0 Å². The molecule has 0 unspecified atom stereocenters. The van der Waals surface area contributed by atoms with Gasteiger partial charge < -0.3 is 52.0 Å². The van der Waals surface area contributed by atoms with E-state index >= 15 is 0 Å². The summed E-state index contributed by atoms with van der Waals surface area (Å²) in [5.74, 6) is -0.535. The molecule has 0 spiro atoms. The van der Waals surface area contributed by atoms with Gasteiger partial charge in [-0.25, -0.2) is 0 Å². The molecule has 0 fully saturated rings. The highest BCUT2D eigenvalue weighted by Gasteiger charge is 2.17. The molecule has 14 heteroatoms. The number of carbonyl (C=O) groups is 4. The zero-order chi connectivity index (χ0) is 40.5. The van der Waals surface area contributed by atoms with Crippen LogP contribution in [-0.2, 0) is 0 Å². The van der Waals surface area contributed by atoms with Crippen LogP contribution in [0.3, 0.4) is 0 Å². The van der Waals surface area contributed by atoms with Crippen LogP contribution < -0.4 is 42.2 Å². The van der Waals surface area contributed by atoms with Gasteiger partial charge in [-0.2, -0.15) is 0 Å². The van der Waals surface area contributed by atoms with E-state index in [9.17, 15) is 19.2 Å². The molecule has 4 amide bonds. The lowest BCUT2D eigenvalue weighted by Gasteiger charge is -2.16. The number of nitrogen functional groups attached to an aromatic ring is 2. The predicted molar refractivity (Wildman–Crippen MR) is 222 cm³/mol. The number of nitrogens with two attached hydrogens (primary N) is 2. The number of ether oxygens (including phenoxy) is 2. The van der Waals surface area contributed by atoms with E-state index in [1.54, 1.807) is 84.9 Å². The molecule has 56 heavy (non-hydrogen) atoms. The lowest BCUT2D eigenvalue weighted by molar-refractivity contribution is 0.0938. The van der Waals surface area contributed by atoms with Crippen molar-refractivity contribution in [1.29, 1.82) is 0 Å². The third kappa shape index (κ3) is 13.9. The molecule has 4 rings (SSSR count). The monoisotopic (exact) mass is 766 g/mol. The molecule has 0 atom stereocenters. The van der Waals surface area contributed by atoms with Crippen molar-refractivity contribution < 1.29 is 28.7 Å². The van der Waals surface area contributed by atoms with Gasteiger partial charge in [0, 0.05) is 47.0 Å². The molecule has 298 valence electrons. The summed E-state index contributed by atoms with van der Waals surface area (Å²) in [5, 5.41) is 11.6. The maximum absolute atomic E-state index is 13.3. The van der Waals surface area contributed by atoms with E-state index in [-0.39, 0.29) is 36.8 Å². The van der Waals surface area contributed by atoms with Crippen molar-refractivity contribution in [2.24, 2.45) is 0 Å². The fourth-order valence-corrected chi connectivity index (χ4v) is 5.45.